The lowest BCUT2D eigenvalue weighted by Gasteiger charge is -2.28. The van der Waals surface area contributed by atoms with Crippen molar-refractivity contribution in [1.29, 1.82) is 0 Å². The van der Waals surface area contributed by atoms with Gasteiger partial charge >= 0.3 is 19.0 Å². The molecule has 0 amide bonds. The number of pyridine rings is 1. The minimum absolute atomic E-state index is 1.15. The summed E-state index contributed by atoms with van der Waals surface area (Å²) in [5.41, 5.74) is 1.34. The van der Waals surface area contributed by atoms with Gasteiger partial charge in [-0.2, -0.15) is 13.2 Å². The van der Waals surface area contributed by atoms with E-state index in [2.05, 4.69) is 42.9 Å². The van der Waals surface area contributed by atoms with Gasteiger partial charge in [0.05, 0.1) is 0 Å². The molecule has 1 aromatic heterocycles. The summed E-state index contributed by atoms with van der Waals surface area (Å²) in [6.45, 7) is -1.71. The lowest BCUT2D eigenvalue weighted by Crippen LogP contribution is -2.53. The zero-order valence-electron chi connectivity index (χ0n) is 12.0. The molecule has 0 radical (unpaired) electrons. The van der Waals surface area contributed by atoms with Crippen LogP contribution in [0.2, 0.25) is 0 Å². The van der Waals surface area contributed by atoms with Gasteiger partial charge in [0, 0.05) is 18.1 Å². The summed E-state index contributed by atoms with van der Waals surface area (Å²) in [6, 6.07) is 4.23. The van der Waals surface area contributed by atoms with Crippen molar-refractivity contribution in [2.75, 3.05) is 0 Å². The third-order valence-corrected chi connectivity index (χ3v) is 2.57. The molecule has 1 rings (SSSR count). The van der Waals surface area contributed by atoms with Crippen LogP contribution in [0.5, 0.6) is 0 Å². The Bertz CT molecular complexity index is 439. The molecule has 0 fully saturated rings. The summed E-state index contributed by atoms with van der Waals surface area (Å²) in [5, 5.41) is 0. The van der Waals surface area contributed by atoms with Gasteiger partial charge < -0.3 is 12.9 Å². The van der Waals surface area contributed by atoms with Gasteiger partial charge in [-0.1, -0.05) is 13.3 Å². The molecule has 1 nitrogen and oxygen atoms in total. The van der Waals surface area contributed by atoms with E-state index in [0.717, 1.165) is 6.54 Å². The topological polar surface area (TPSA) is 3.88 Å². The molecule has 0 N–H and O–H groups in total. The summed E-state index contributed by atoms with van der Waals surface area (Å²) in [5.74, 6) is -6.56. The van der Waals surface area contributed by atoms with Gasteiger partial charge in [0.25, 0.3) is 0 Å². The Balaban J connectivity index is 0.000000401. The van der Waals surface area contributed by atoms with Crippen molar-refractivity contribution in [2.45, 2.75) is 45.2 Å². The van der Waals surface area contributed by atoms with Crippen molar-refractivity contribution in [3.8, 4) is 0 Å². The third kappa shape index (κ3) is 6.19. The minimum Gasteiger partial charge on any atom is -0.445 e. The van der Waals surface area contributed by atoms with Crippen molar-refractivity contribution in [3.05, 3.63) is 30.1 Å². The lowest BCUT2D eigenvalue weighted by atomic mass is 9.80. The highest BCUT2D eigenvalue weighted by Crippen LogP contribution is 2.43. The number of hydrogen-bond acceptors (Lipinski definition) is 0. The maximum absolute atomic E-state index is 11.2. The molecule has 0 aliphatic carbocycles. The molecule has 22 heavy (non-hydrogen) atoms. The maximum Gasteiger partial charge on any atom is 0.558 e. The van der Waals surface area contributed by atoms with Gasteiger partial charge in [-0.05, 0) is 13.0 Å². The molecule has 0 unspecified atom stereocenters. The molecule has 0 spiro atoms. The first-order chi connectivity index (χ1) is 9.83. The summed E-state index contributed by atoms with van der Waals surface area (Å²) < 4.78 is 90.1. The first kappa shape index (κ1) is 20.7. The van der Waals surface area contributed by atoms with E-state index in [1.54, 1.807) is 0 Å². The van der Waals surface area contributed by atoms with Gasteiger partial charge in [-0.25, -0.2) is 13.3 Å². The molecule has 1 aromatic rings. The van der Waals surface area contributed by atoms with Crippen LogP contribution in [0.25, 0.3) is 0 Å². The van der Waals surface area contributed by atoms with Crippen LogP contribution in [0.15, 0.2) is 24.5 Å². The minimum atomic E-state index is -7.21. The van der Waals surface area contributed by atoms with Gasteiger partial charge in [0.15, 0.2) is 12.4 Å². The van der Waals surface area contributed by atoms with E-state index in [1.807, 2.05) is 0 Å². The van der Waals surface area contributed by atoms with Crippen molar-refractivity contribution in [3.63, 3.8) is 0 Å². The van der Waals surface area contributed by atoms with Gasteiger partial charge in [0.1, 0.15) is 6.54 Å². The molecule has 0 aliphatic rings. The van der Waals surface area contributed by atoms with E-state index in [0.29, 0.717) is 0 Å². The number of alkyl halides is 5. The number of hydrogen-bond donors (Lipinski definition) is 0. The second-order valence-electron chi connectivity index (χ2n) is 4.67. The molecule has 1 heterocycles. The summed E-state index contributed by atoms with van der Waals surface area (Å²) in [7, 11) is 0. The van der Waals surface area contributed by atoms with Crippen LogP contribution in [0, 0.1) is 6.92 Å². The van der Waals surface area contributed by atoms with Crippen LogP contribution >= 0.6 is 0 Å². The molecule has 128 valence electrons. The number of rotatable bonds is 4. The quantitative estimate of drug-likeness (QED) is 0.428. The Kier molecular flexibility index (Phi) is 7.30. The van der Waals surface area contributed by atoms with Crippen LogP contribution in [0.4, 0.5) is 34.9 Å². The van der Waals surface area contributed by atoms with E-state index in [-0.39, 0.29) is 0 Å². The Morgan fingerprint density at radius 1 is 1.09 bits per heavy atom. The standard InChI is InChI=1S/C10H16N.C2BF8/c1-3-4-7-11-8-5-6-10(2)9-11;4-1(5,2(6,7)8)3(9,10)11/h5-6,8-9H,3-4,7H2,1-2H3;/q+1;-1. The Morgan fingerprint density at radius 3 is 1.95 bits per heavy atom. The van der Waals surface area contributed by atoms with Crippen LogP contribution < -0.4 is 4.57 Å². The van der Waals surface area contributed by atoms with Crippen molar-refractivity contribution in [2.24, 2.45) is 0 Å². The third-order valence-electron chi connectivity index (χ3n) is 2.57. The highest BCUT2D eigenvalue weighted by molar-refractivity contribution is 6.61. The Hall–Kier alpha value is -1.35. The van der Waals surface area contributed by atoms with Crippen LogP contribution in [0.1, 0.15) is 25.3 Å². The first-order valence-electron chi connectivity index (χ1n) is 6.42. The predicted molar refractivity (Wildman–Crippen MR) is 66.4 cm³/mol. The second-order valence-corrected chi connectivity index (χ2v) is 4.67. The summed E-state index contributed by atoms with van der Waals surface area (Å²) >= 11 is 0. The second kappa shape index (κ2) is 7.78. The molecule has 0 saturated heterocycles. The summed E-state index contributed by atoms with van der Waals surface area (Å²) in [4.78, 5) is 0. The lowest BCUT2D eigenvalue weighted by molar-refractivity contribution is -0.697. The average molecular weight is 337 g/mol. The zero-order valence-corrected chi connectivity index (χ0v) is 12.0. The molecular formula is C12H16BF8N. The summed E-state index contributed by atoms with van der Waals surface area (Å²) in [6.07, 6.45) is 0.304. The van der Waals surface area contributed by atoms with Crippen LogP contribution in [-0.2, 0) is 6.54 Å². The number of aromatic nitrogens is 1. The fourth-order valence-corrected chi connectivity index (χ4v) is 1.32. The molecule has 0 aliphatic heterocycles. The van der Waals surface area contributed by atoms with E-state index in [9.17, 15) is 34.9 Å². The number of halogens is 8. The van der Waals surface area contributed by atoms with E-state index in [4.69, 9.17) is 0 Å². The Morgan fingerprint density at radius 2 is 1.64 bits per heavy atom. The molecule has 0 bridgehead atoms. The molecule has 0 aromatic carbocycles. The smallest absolute Gasteiger partial charge is 0.445 e. The van der Waals surface area contributed by atoms with E-state index >= 15 is 0 Å². The monoisotopic (exact) mass is 337 g/mol. The first-order valence-corrected chi connectivity index (χ1v) is 6.42. The maximum atomic E-state index is 11.2. The van der Waals surface area contributed by atoms with Crippen molar-refractivity contribution in [1.82, 2.24) is 0 Å². The van der Waals surface area contributed by atoms with Crippen LogP contribution in [0.3, 0.4) is 0 Å². The van der Waals surface area contributed by atoms with E-state index < -0.39 is 19.0 Å². The largest absolute Gasteiger partial charge is 0.558 e. The highest BCUT2D eigenvalue weighted by Gasteiger charge is 2.69. The predicted octanol–water partition coefficient (Wildman–Crippen LogP) is 4.65. The van der Waals surface area contributed by atoms with Gasteiger partial charge in [-0.15, -0.1) is 0 Å². The van der Waals surface area contributed by atoms with E-state index in [1.165, 1.54) is 18.4 Å². The molecule has 10 heteroatoms. The fraction of sp³-hybridized carbons (Fsp3) is 0.583. The number of nitrogens with zero attached hydrogens (tertiary/aromatic N) is 1. The normalized spacial score (nSPS) is 12.6. The van der Waals surface area contributed by atoms with Gasteiger partial charge in [-0.3, -0.25) is 0 Å². The zero-order chi connectivity index (χ0) is 17.6. The Labute approximate surface area is 123 Å². The number of unbranched alkanes of at least 4 members (excludes halogenated alkanes) is 1. The fourth-order valence-electron chi connectivity index (χ4n) is 1.32. The highest BCUT2D eigenvalue weighted by atomic mass is 19.4. The number of aryl methyl sites for hydroxylation is 2. The van der Waals surface area contributed by atoms with Crippen molar-refractivity contribution >= 4 is 6.98 Å². The molecular weight excluding hydrogens is 321 g/mol. The van der Waals surface area contributed by atoms with Crippen molar-refractivity contribution < 1.29 is 39.5 Å². The molecule has 0 saturated carbocycles. The van der Waals surface area contributed by atoms with Gasteiger partial charge in [0.2, 0.25) is 0 Å². The SMILES string of the molecule is CCCC[n+]1cccc(C)c1.F[B-](F)(F)C(F)(F)C(F)(F)F. The van der Waals surface area contributed by atoms with Crippen LogP contribution in [-0.4, -0.2) is 19.0 Å². The molecule has 0 atom stereocenters. The average Bonchev–Trinajstić information content (AvgIpc) is 2.34.